The van der Waals surface area contributed by atoms with E-state index in [1.54, 1.807) is 6.07 Å². The number of hydrogen-bond acceptors (Lipinski definition) is 4. The summed E-state index contributed by atoms with van der Waals surface area (Å²) in [5, 5.41) is 19.2. The molecule has 2 heterocycles. The lowest BCUT2D eigenvalue weighted by Crippen LogP contribution is -2.49. The first-order chi connectivity index (χ1) is 16.9. The molecule has 6 heteroatoms. The second-order valence-corrected chi connectivity index (χ2v) is 9.68. The van der Waals surface area contributed by atoms with Crippen molar-refractivity contribution in [2.24, 2.45) is 5.92 Å². The molecule has 5 nitrogen and oxygen atoms in total. The first-order valence-corrected chi connectivity index (χ1v) is 11.7. The highest BCUT2D eigenvalue weighted by Crippen LogP contribution is 2.54. The molecule has 2 fully saturated rings. The predicted molar refractivity (Wildman–Crippen MR) is 129 cm³/mol. The van der Waals surface area contributed by atoms with E-state index in [-0.39, 0.29) is 17.2 Å². The topological polar surface area (TPSA) is 77.5 Å². The summed E-state index contributed by atoms with van der Waals surface area (Å²) in [6.45, 7) is 1.51. The molecule has 174 valence electrons. The molecule has 0 radical (unpaired) electrons. The molecule has 6 rings (SSSR count). The fourth-order valence-corrected chi connectivity index (χ4v) is 5.20. The van der Waals surface area contributed by atoms with Gasteiger partial charge in [-0.05, 0) is 72.0 Å². The molecule has 0 unspecified atom stereocenters. The standard InChI is InChI=1S/C29H23FN2O3/c30-25-11-19(15-32-16-21(17-32)28(33)34)4-6-24(25)27-13-20-12-23(5-7-26(20)35-27)29(8-9-29)22-3-1-2-18(10-22)14-31/h1-7,10-13,21H,8-9,15-17H2,(H,33,34). The van der Waals surface area contributed by atoms with E-state index in [1.807, 2.05) is 41.3 Å². The number of carboxylic acid groups (broad SMARTS) is 1. The van der Waals surface area contributed by atoms with Gasteiger partial charge in [-0.2, -0.15) is 5.26 Å². The van der Waals surface area contributed by atoms with Crippen molar-refractivity contribution in [1.82, 2.24) is 4.90 Å². The molecule has 0 spiro atoms. The number of benzene rings is 3. The van der Waals surface area contributed by atoms with Crippen LogP contribution in [0.25, 0.3) is 22.3 Å². The lowest BCUT2D eigenvalue weighted by molar-refractivity contribution is -0.147. The summed E-state index contributed by atoms with van der Waals surface area (Å²) in [5.74, 6) is -0.986. The number of carboxylic acids is 1. The van der Waals surface area contributed by atoms with Crippen LogP contribution in [-0.2, 0) is 16.8 Å². The van der Waals surface area contributed by atoms with Gasteiger partial charge in [-0.3, -0.25) is 9.69 Å². The summed E-state index contributed by atoms with van der Waals surface area (Å²) in [5.41, 5.74) is 4.83. The molecule has 1 N–H and O–H groups in total. The Kier molecular flexibility index (Phi) is 4.98. The number of hydrogen-bond donors (Lipinski definition) is 1. The molecule has 1 aromatic heterocycles. The van der Waals surface area contributed by atoms with Crippen LogP contribution in [0.5, 0.6) is 0 Å². The number of nitrogens with zero attached hydrogens (tertiary/aromatic N) is 2. The van der Waals surface area contributed by atoms with Crippen molar-refractivity contribution in [2.75, 3.05) is 13.1 Å². The van der Waals surface area contributed by atoms with Gasteiger partial charge in [-0.25, -0.2) is 4.39 Å². The van der Waals surface area contributed by atoms with Crippen LogP contribution in [0.15, 0.2) is 71.1 Å². The van der Waals surface area contributed by atoms with Gasteiger partial charge >= 0.3 is 5.97 Å². The van der Waals surface area contributed by atoms with Crippen LogP contribution in [-0.4, -0.2) is 29.1 Å². The number of likely N-dealkylation sites (tertiary alicyclic amines) is 1. The minimum Gasteiger partial charge on any atom is -0.481 e. The first-order valence-electron chi connectivity index (χ1n) is 11.7. The Bertz CT molecular complexity index is 1510. The molecule has 2 aliphatic rings. The zero-order valence-electron chi connectivity index (χ0n) is 19.0. The van der Waals surface area contributed by atoms with Gasteiger partial charge in [0.1, 0.15) is 17.2 Å². The van der Waals surface area contributed by atoms with E-state index in [2.05, 4.69) is 24.3 Å². The minimum absolute atomic E-state index is 0.0815. The van der Waals surface area contributed by atoms with Crippen molar-refractivity contribution < 1.29 is 18.7 Å². The molecule has 3 aromatic carbocycles. The van der Waals surface area contributed by atoms with Gasteiger partial charge in [-0.15, -0.1) is 0 Å². The summed E-state index contributed by atoms with van der Waals surface area (Å²) < 4.78 is 21.0. The number of carbonyl (C=O) groups is 1. The first kappa shape index (κ1) is 21.6. The van der Waals surface area contributed by atoms with Crippen molar-refractivity contribution in [3.05, 3.63) is 94.8 Å². The quantitative estimate of drug-likeness (QED) is 0.394. The SMILES string of the molecule is N#Cc1cccc(C2(c3ccc4oc(-c5ccc(CN6CC(C(=O)O)C6)cc5F)cc4c3)CC2)c1. The molecule has 0 atom stereocenters. The predicted octanol–water partition coefficient (Wildman–Crippen LogP) is 5.71. The average Bonchev–Trinajstić information content (AvgIpc) is 3.54. The van der Waals surface area contributed by atoms with Crippen LogP contribution >= 0.6 is 0 Å². The summed E-state index contributed by atoms with van der Waals surface area (Å²) >= 11 is 0. The fourth-order valence-electron chi connectivity index (χ4n) is 5.20. The van der Waals surface area contributed by atoms with Crippen molar-refractivity contribution >= 4 is 16.9 Å². The lowest BCUT2D eigenvalue weighted by atomic mass is 9.87. The van der Waals surface area contributed by atoms with Crippen LogP contribution in [0.3, 0.4) is 0 Å². The van der Waals surface area contributed by atoms with Crippen LogP contribution in [0, 0.1) is 23.1 Å². The van der Waals surface area contributed by atoms with Crippen molar-refractivity contribution in [3.63, 3.8) is 0 Å². The number of fused-ring (bicyclic) bond motifs is 1. The van der Waals surface area contributed by atoms with E-state index in [9.17, 15) is 10.1 Å². The van der Waals surface area contributed by atoms with Crippen LogP contribution in [0.4, 0.5) is 4.39 Å². The van der Waals surface area contributed by atoms with Crippen LogP contribution in [0.1, 0.15) is 35.1 Å². The summed E-state index contributed by atoms with van der Waals surface area (Å²) in [6, 6.07) is 23.1. The van der Waals surface area contributed by atoms with Gasteiger partial charge < -0.3 is 9.52 Å². The highest BCUT2D eigenvalue weighted by molar-refractivity contribution is 5.84. The van der Waals surface area contributed by atoms with Gasteiger partial charge in [-0.1, -0.05) is 24.3 Å². The Morgan fingerprint density at radius 3 is 2.60 bits per heavy atom. The van der Waals surface area contributed by atoms with Gasteiger partial charge in [0.2, 0.25) is 0 Å². The zero-order valence-corrected chi connectivity index (χ0v) is 19.0. The van der Waals surface area contributed by atoms with Crippen LogP contribution in [0.2, 0.25) is 0 Å². The second-order valence-electron chi connectivity index (χ2n) is 9.68. The lowest BCUT2D eigenvalue weighted by Gasteiger charge is -2.36. The maximum Gasteiger partial charge on any atom is 0.309 e. The molecule has 4 aromatic rings. The van der Waals surface area contributed by atoms with E-state index in [4.69, 9.17) is 9.52 Å². The molecule has 0 bridgehead atoms. The van der Waals surface area contributed by atoms with E-state index in [1.165, 1.54) is 11.6 Å². The number of rotatable bonds is 6. The van der Waals surface area contributed by atoms with E-state index >= 15 is 4.39 Å². The highest BCUT2D eigenvalue weighted by atomic mass is 19.1. The Labute approximate surface area is 202 Å². The van der Waals surface area contributed by atoms with E-state index < -0.39 is 5.97 Å². The number of nitriles is 1. The maximum absolute atomic E-state index is 15.0. The Hall–Kier alpha value is -3.95. The molecule has 35 heavy (non-hydrogen) atoms. The second kappa shape index (κ2) is 8.07. The summed E-state index contributed by atoms with van der Waals surface area (Å²) in [6.07, 6.45) is 2.05. The van der Waals surface area contributed by atoms with Gasteiger partial charge in [0.15, 0.2) is 0 Å². The Morgan fingerprint density at radius 2 is 1.89 bits per heavy atom. The Balaban J connectivity index is 1.25. The smallest absolute Gasteiger partial charge is 0.309 e. The minimum atomic E-state index is -0.779. The van der Waals surface area contributed by atoms with Crippen molar-refractivity contribution in [2.45, 2.75) is 24.8 Å². The monoisotopic (exact) mass is 466 g/mol. The van der Waals surface area contributed by atoms with Crippen LogP contribution < -0.4 is 0 Å². The third kappa shape index (κ3) is 3.78. The van der Waals surface area contributed by atoms with Crippen molar-refractivity contribution in [1.29, 1.82) is 5.26 Å². The molecule has 1 saturated heterocycles. The van der Waals surface area contributed by atoms with E-state index in [0.29, 0.717) is 42.1 Å². The van der Waals surface area contributed by atoms with Gasteiger partial charge in [0.25, 0.3) is 0 Å². The molecule has 1 aliphatic heterocycles. The maximum atomic E-state index is 15.0. The largest absolute Gasteiger partial charge is 0.481 e. The number of aliphatic carboxylic acids is 1. The normalized spacial score (nSPS) is 17.1. The highest BCUT2D eigenvalue weighted by Gasteiger charge is 2.46. The Morgan fingerprint density at radius 1 is 1.09 bits per heavy atom. The molecule has 0 amide bonds. The van der Waals surface area contributed by atoms with Gasteiger partial charge in [0.05, 0.1) is 23.1 Å². The molecular formula is C29H23FN2O3. The third-order valence-electron chi connectivity index (χ3n) is 7.37. The summed E-state index contributed by atoms with van der Waals surface area (Å²) in [4.78, 5) is 13.0. The average molecular weight is 467 g/mol. The molecule has 1 aliphatic carbocycles. The number of halogens is 1. The fraction of sp³-hybridized carbons (Fsp3) is 0.241. The van der Waals surface area contributed by atoms with E-state index in [0.717, 1.165) is 29.4 Å². The molecular weight excluding hydrogens is 443 g/mol. The zero-order chi connectivity index (χ0) is 24.2. The molecule has 1 saturated carbocycles. The van der Waals surface area contributed by atoms with Crippen molar-refractivity contribution in [3.8, 4) is 17.4 Å². The number of furan rings is 1. The third-order valence-corrected chi connectivity index (χ3v) is 7.37. The summed E-state index contributed by atoms with van der Waals surface area (Å²) in [7, 11) is 0. The van der Waals surface area contributed by atoms with Gasteiger partial charge in [0, 0.05) is 30.4 Å².